The molecule has 0 aliphatic carbocycles. The van der Waals surface area contributed by atoms with E-state index in [1.54, 1.807) is 0 Å². The fourth-order valence-electron chi connectivity index (χ4n) is 2.13. The molecule has 0 radical (unpaired) electrons. The second-order valence-corrected chi connectivity index (χ2v) is 4.25. The van der Waals surface area contributed by atoms with Crippen molar-refractivity contribution >= 4 is 0 Å². The SMILES string of the molecule is C#CCCCNN1C(C)CCCC1C. The second-order valence-electron chi connectivity index (χ2n) is 4.25. The first kappa shape index (κ1) is 11.6. The van der Waals surface area contributed by atoms with E-state index in [-0.39, 0.29) is 0 Å². The topological polar surface area (TPSA) is 15.3 Å². The van der Waals surface area contributed by atoms with Crippen molar-refractivity contribution in [1.29, 1.82) is 0 Å². The minimum Gasteiger partial charge on any atom is -0.255 e. The highest BCUT2D eigenvalue weighted by Gasteiger charge is 2.23. The van der Waals surface area contributed by atoms with Crippen LogP contribution in [0.25, 0.3) is 0 Å². The summed E-state index contributed by atoms with van der Waals surface area (Å²) in [5.74, 6) is 2.67. The first-order chi connectivity index (χ1) is 6.75. The molecule has 1 fully saturated rings. The van der Waals surface area contributed by atoms with E-state index in [1.165, 1.54) is 19.3 Å². The van der Waals surface area contributed by atoms with Gasteiger partial charge in [0.05, 0.1) is 0 Å². The van der Waals surface area contributed by atoms with Crippen LogP contribution in [0.3, 0.4) is 0 Å². The molecule has 0 bridgehead atoms. The normalized spacial score (nSPS) is 28.6. The van der Waals surface area contributed by atoms with Crippen LogP contribution in [-0.4, -0.2) is 23.6 Å². The Morgan fingerprint density at radius 3 is 2.57 bits per heavy atom. The van der Waals surface area contributed by atoms with Gasteiger partial charge in [0.2, 0.25) is 0 Å². The zero-order chi connectivity index (χ0) is 10.4. The number of hydrogen-bond donors (Lipinski definition) is 1. The zero-order valence-corrected chi connectivity index (χ0v) is 9.42. The summed E-state index contributed by atoms with van der Waals surface area (Å²) in [5.41, 5.74) is 3.49. The quantitative estimate of drug-likeness (QED) is 0.545. The summed E-state index contributed by atoms with van der Waals surface area (Å²) < 4.78 is 0. The first-order valence-electron chi connectivity index (χ1n) is 5.71. The number of hydrazine groups is 1. The average molecular weight is 194 g/mol. The Morgan fingerprint density at radius 1 is 1.36 bits per heavy atom. The summed E-state index contributed by atoms with van der Waals surface area (Å²) >= 11 is 0. The smallest absolute Gasteiger partial charge is 0.0218 e. The number of terminal acetylenes is 1. The van der Waals surface area contributed by atoms with Gasteiger partial charge in [-0.15, -0.1) is 12.3 Å². The van der Waals surface area contributed by atoms with Crippen molar-refractivity contribution in [3.63, 3.8) is 0 Å². The Morgan fingerprint density at radius 2 is 2.00 bits per heavy atom. The maximum absolute atomic E-state index is 5.21. The summed E-state index contributed by atoms with van der Waals surface area (Å²) in [5, 5.41) is 2.40. The van der Waals surface area contributed by atoms with Gasteiger partial charge in [0.1, 0.15) is 0 Å². The van der Waals surface area contributed by atoms with Crippen molar-refractivity contribution in [3.05, 3.63) is 0 Å². The lowest BCUT2D eigenvalue weighted by molar-refractivity contribution is 0.0463. The number of hydrogen-bond acceptors (Lipinski definition) is 2. The van der Waals surface area contributed by atoms with Crippen molar-refractivity contribution < 1.29 is 0 Å². The van der Waals surface area contributed by atoms with Crippen molar-refractivity contribution in [1.82, 2.24) is 10.4 Å². The van der Waals surface area contributed by atoms with E-state index in [1.807, 2.05) is 0 Å². The number of unbranched alkanes of at least 4 members (excludes halogenated alkanes) is 1. The van der Waals surface area contributed by atoms with Crippen LogP contribution >= 0.6 is 0 Å². The molecule has 80 valence electrons. The van der Waals surface area contributed by atoms with Crippen LogP contribution in [0.1, 0.15) is 46.0 Å². The van der Waals surface area contributed by atoms with Crippen molar-refractivity contribution in [2.45, 2.75) is 58.0 Å². The van der Waals surface area contributed by atoms with E-state index >= 15 is 0 Å². The molecule has 1 saturated heterocycles. The van der Waals surface area contributed by atoms with E-state index in [0.717, 1.165) is 19.4 Å². The van der Waals surface area contributed by atoms with Gasteiger partial charge < -0.3 is 0 Å². The molecule has 14 heavy (non-hydrogen) atoms. The van der Waals surface area contributed by atoms with E-state index < -0.39 is 0 Å². The van der Waals surface area contributed by atoms with Gasteiger partial charge in [-0.1, -0.05) is 6.42 Å². The Hall–Kier alpha value is -0.520. The maximum Gasteiger partial charge on any atom is 0.0218 e. The van der Waals surface area contributed by atoms with Crippen molar-refractivity contribution in [3.8, 4) is 12.3 Å². The fourth-order valence-corrected chi connectivity index (χ4v) is 2.13. The fraction of sp³-hybridized carbons (Fsp3) is 0.833. The highest BCUT2D eigenvalue weighted by Crippen LogP contribution is 2.19. The van der Waals surface area contributed by atoms with Gasteiger partial charge in [0, 0.05) is 25.0 Å². The number of nitrogens with one attached hydrogen (secondary N) is 1. The third kappa shape index (κ3) is 3.32. The molecule has 2 heteroatoms. The van der Waals surface area contributed by atoms with Crippen molar-refractivity contribution in [2.75, 3.05) is 6.54 Å². The zero-order valence-electron chi connectivity index (χ0n) is 9.42. The molecule has 1 aliphatic rings. The maximum atomic E-state index is 5.21. The van der Waals surface area contributed by atoms with Crippen LogP contribution in [0.5, 0.6) is 0 Å². The molecule has 0 aromatic rings. The summed E-state index contributed by atoms with van der Waals surface area (Å²) in [4.78, 5) is 0. The van der Waals surface area contributed by atoms with Crippen LogP contribution in [0, 0.1) is 12.3 Å². The highest BCUT2D eigenvalue weighted by atomic mass is 15.5. The molecular weight excluding hydrogens is 172 g/mol. The molecule has 1 aliphatic heterocycles. The average Bonchev–Trinajstić information content (AvgIpc) is 2.16. The summed E-state index contributed by atoms with van der Waals surface area (Å²) in [6, 6.07) is 1.34. The Labute approximate surface area is 88.0 Å². The molecule has 1 N–H and O–H groups in total. The Bertz CT molecular complexity index is 185. The molecule has 0 amide bonds. The van der Waals surface area contributed by atoms with E-state index in [2.05, 4.69) is 30.2 Å². The van der Waals surface area contributed by atoms with Gasteiger partial charge in [-0.05, 0) is 33.1 Å². The predicted octanol–water partition coefficient (Wildman–Crippen LogP) is 2.17. The van der Waals surface area contributed by atoms with Crippen LogP contribution in [0.15, 0.2) is 0 Å². The van der Waals surface area contributed by atoms with Gasteiger partial charge in [-0.3, -0.25) is 5.43 Å². The Kier molecular flexibility index (Phi) is 5.00. The highest BCUT2D eigenvalue weighted by molar-refractivity contribution is 4.83. The Balaban J connectivity index is 2.23. The lowest BCUT2D eigenvalue weighted by Gasteiger charge is -2.39. The van der Waals surface area contributed by atoms with Gasteiger partial charge in [-0.25, -0.2) is 5.01 Å². The van der Waals surface area contributed by atoms with Gasteiger partial charge in [0.25, 0.3) is 0 Å². The lowest BCUT2D eigenvalue weighted by Crippen LogP contribution is -2.52. The summed E-state index contributed by atoms with van der Waals surface area (Å²) in [7, 11) is 0. The van der Waals surface area contributed by atoms with Gasteiger partial charge >= 0.3 is 0 Å². The summed E-state index contributed by atoms with van der Waals surface area (Å²) in [6.45, 7) is 5.60. The van der Waals surface area contributed by atoms with Gasteiger partial charge in [-0.2, -0.15) is 0 Å². The third-order valence-corrected chi connectivity index (χ3v) is 2.99. The minimum absolute atomic E-state index is 0.671. The minimum atomic E-state index is 0.671. The standard InChI is InChI=1S/C12H22N2/c1-4-5-6-10-13-14-11(2)8-7-9-12(14)3/h1,11-13H,5-10H2,2-3H3. The molecule has 0 aromatic carbocycles. The number of rotatable bonds is 4. The van der Waals surface area contributed by atoms with Crippen LogP contribution < -0.4 is 5.43 Å². The molecular formula is C12H22N2. The van der Waals surface area contributed by atoms with Crippen LogP contribution in [-0.2, 0) is 0 Å². The predicted molar refractivity (Wildman–Crippen MR) is 60.7 cm³/mol. The van der Waals surface area contributed by atoms with Crippen LogP contribution in [0.4, 0.5) is 0 Å². The molecule has 1 rings (SSSR count). The molecule has 0 saturated carbocycles. The molecule has 1 heterocycles. The second kappa shape index (κ2) is 6.06. The van der Waals surface area contributed by atoms with Crippen molar-refractivity contribution in [2.24, 2.45) is 0 Å². The van der Waals surface area contributed by atoms with Gasteiger partial charge in [0.15, 0.2) is 0 Å². The van der Waals surface area contributed by atoms with E-state index in [0.29, 0.717) is 12.1 Å². The molecule has 0 aromatic heterocycles. The largest absolute Gasteiger partial charge is 0.255 e. The number of nitrogens with zero attached hydrogens (tertiary/aromatic N) is 1. The molecule has 0 spiro atoms. The summed E-state index contributed by atoms with van der Waals surface area (Å²) in [6.07, 6.45) is 11.2. The van der Waals surface area contributed by atoms with E-state index in [4.69, 9.17) is 6.42 Å². The molecule has 2 atom stereocenters. The number of piperidine rings is 1. The van der Waals surface area contributed by atoms with E-state index in [9.17, 15) is 0 Å². The van der Waals surface area contributed by atoms with Crippen LogP contribution in [0.2, 0.25) is 0 Å². The molecule has 2 nitrogen and oxygen atoms in total. The first-order valence-corrected chi connectivity index (χ1v) is 5.71. The third-order valence-electron chi connectivity index (χ3n) is 2.99. The molecule has 2 unspecified atom stereocenters. The lowest BCUT2D eigenvalue weighted by atomic mass is 10.00. The monoisotopic (exact) mass is 194 g/mol.